The van der Waals surface area contributed by atoms with Gasteiger partial charge in [-0.25, -0.2) is 4.79 Å². The molecular formula is C23H25NO3S3. The first-order valence-electron chi connectivity index (χ1n) is 10.2. The van der Waals surface area contributed by atoms with Crippen LogP contribution in [0, 0.1) is 0 Å². The maximum absolute atomic E-state index is 13.3. The molecule has 3 heterocycles. The Bertz CT molecular complexity index is 974. The molecule has 1 N–H and O–H groups in total. The lowest BCUT2D eigenvalue weighted by atomic mass is 9.74. The van der Waals surface area contributed by atoms with Crippen LogP contribution in [-0.2, 0) is 14.3 Å². The number of nitrogens with one attached hydrogen (secondary N) is 1. The Hall–Kier alpha value is -1.83. The number of allylic oxidation sites excluding steroid dienone is 3. The third kappa shape index (κ3) is 4.29. The highest BCUT2D eigenvalue weighted by molar-refractivity contribution is 7.99. The number of thiophene rings is 2. The Labute approximate surface area is 189 Å². The van der Waals surface area contributed by atoms with Crippen LogP contribution in [0.1, 0.15) is 48.3 Å². The summed E-state index contributed by atoms with van der Waals surface area (Å²) in [6.07, 6.45) is 1.27. The van der Waals surface area contributed by atoms with E-state index in [-0.39, 0.29) is 23.6 Å². The average Bonchev–Trinajstić information content (AvgIpc) is 3.44. The van der Waals surface area contributed by atoms with Crippen molar-refractivity contribution in [3.05, 3.63) is 67.3 Å². The summed E-state index contributed by atoms with van der Waals surface area (Å²) in [5, 5.41) is 7.46. The molecule has 1 aliphatic heterocycles. The highest BCUT2D eigenvalue weighted by atomic mass is 32.2. The van der Waals surface area contributed by atoms with Crippen LogP contribution in [0.5, 0.6) is 0 Å². The predicted molar refractivity (Wildman–Crippen MR) is 125 cm³/mol. The van der Waals surface area contributed by atoms with Gasteiger partial charge < -0.3 is 10.1 Å². The van der Waals surface area contributed by atoms with E-state index in [1.54, 1.807) is 34.4 Å². The first-order chi connectivity index (χ1) is 14.6. The van der Waals surface area contributed by atoms with Crippen molar-refractivity contribution in [1.82, 2.24) is 5.32 Å². The van der Waals surface area contributed by atoms with Crippen molar-refractivity contribution in [2.45, 2.75) is 38.5 Å². The molecule has 2 aromatic heterocycles. The second-order valence-corrected chi connectivity index (χ2v) is 10.7. The Morgan fingerprint density at radius 1 is 1.20 bits per heavy atom. The zero-order chi connectivity index (χ0) is 21.1. The zero-order valence-corrected chi connectivity index (χ0v) is 19.6. The van der Waals surface area contributed by atoms with Gasteiger partial charge in [-0.3, -0.25) is 4.79 Å². The molecule has 4 nitrogen and oxygen atoms in total. The SMILES string of the molecule is CCSCCOC(=O)C1=C(C)NC2=C(C(=O)C[C@@H](c3cccs3)C2)[C@H]1c1cccs1. The quantitative estimate of drug-likeness (QED) is 0.440. The monoisotopic (exact) mass is 459 g/mol. The van der Waals surface area contributed by atoms with E-state index in [1.165, 1.54) is 4.88 Å². The predicted octanol–water partition coefficient (Wildman–Crippen LogP) is 5.47. The molecule has 0 bridgehead atoms. The molecule has 2 aromatic rings. The minimum atomic E-state index is -0.343. The highest BCUT2D eigenvalue weighted by Gasteiger charge is 2.41. The van der Waals surface area contributed by atoms with Crippen LogP contribution in [-0.4, -0.2) is 29.9 Å². The van der Waals surface area contributed by atoms with Gasteiger partial charge in [0.05, 0.1) is 11.5 Å². The fourth-order valence-corrected chi connectivity index (χ4v) is 6.35. The molecule has 1 aliphatic carbocycles. The molecular weight excluding hydrogens is 434 g/mol. The highest BCUT2D eigenvalue weighted by Crippen LogP contribution is 2.47. The number of Topliss-reactive ketones (excluding diaryl/α,β-unsaturated/α-hetero) is 1. The number of thioether (sulfide) groups is 1. The van der Waals surface area contributed by atoms with Crippen LogP contribution >= 0.6 is 34.4 Å². The molecule has 0 fully saturated rings. The van der Waals surface area contributed by atoms with E-state index < -0.39 is 0 Å². The fraction of sp³-hybridized carbons (Fsp3) is 0.391. The van der Waals surface area contributed by atoms with E-state index in [1.807, 2.05) is 30.5 Å². The summed E-state index contributed by atoms with van der Waals surface area (Å²) in [6.45, 7) is 4.38. The summed E-state index contributed by atoms with van der Waals surface area (Å²) in [6, 6.07) is 8.12. The standard InChI is InChI=1S/C23H25NO3S3/c1-3-28-11-8-27-23(26)20-14(2)24-16-12-15(18-6-4-9-29-18)13-17(25)21(16)22(20)19-7-5-10-30-19/h4-7,9-10,15,22,24H,3,8,11-13H2,1-2H3/t15-,22-/m0/s1. The molecule has 7 heteroatoms. The van der Waals surface area contributed by atoms with Crippen LogP contribution in [0.15, 0.2) is 57.6 Å². The van der Waals surface area contributed by atoms with E-state index in [9.17, 15) is 9.59 Å². The number of hydrogen-bond acceptors (Lipinski definition) is 7. The second-order valence-electron chi connectivity index (χ2n) is 7.38. The zero-order valence-electron chi connectivity index (χ0n) is 17.1. The van der Waals surface area contributed by atoms with Crippen LogP contribution < -0.4 is 5.32 Å². The third-order valence-electron chi connectivity index (χ3n) is 5.49. The van der Waals surface area contributed by atoms with Gasteiger partial charge in [0.1, 0.15) is 6.61 Å². The number of hydrogen-bond donors (Lipinski definition) is 1. The van der Waals surface area contributed by atoms with Gasteiger partial charge in [0.25, 0.3) is 0 Å². The van der Waals surface area contributed by atoms with Crippen molar-refractivity contribution in [3.8, 4) is 0 Å². The van der Waals surface area contributed by atoms with Crippen molar-refractivity contribution >= 4 is 46.2 Å². The maximum Gasteiger partial charge on any atom is 0.336 e. The van der Waals surface area contributed by atoms with Crippen LogP contribution in [0.3, 0.4) is 0 Å². The smallest absolute Gasteiger partial charge is 0.336 e. The topological polar surface area (TPSA) is 55.4 Å². The molecule has 2 atom stereocenters. The normalized spacial score (nSPS) is 21.5. The third-order valence-corrected chi connectivity index (χ3v) is 8.32. The molecule has 0 unspecified atom stereocenters. The number of dihydropyridines is 1. The molecule has 4 rings (SSSR count). The Balaban J connectivity index is 1.66. The Morgan fingerprint density at radius 2 is 1.93 bits per heavy atom. The number of carbonyl (C=O) groups is 2. The number of ether oxygens (including phenoxy) is 1. The van der Waals surface area contributed by atoms with Crippen molar-refractivity contribution in [2.24, 2.45) is 0 Å². The lowest BCUT2D eigenvalue weighted by Gasteiger charge is -2.35. The van der Waals surface area contributed by atoms with E-state index in [0.717, 1.165) is 39.8 Å². The first-order valence-corrected chi connectivity index (χ1v) is 13.1. The number of carbonyl (C=O) groups excluding carboxylic acids is 2. The van der Waals surface area contributed by atoms with Crippen LogP contribution in [0.4, 0.5) is 0 Å². The van der Waals surface area contributed by atoms with Crippen molar-refractivity contribution in [2.75, 3.05) is 18.1 Å². The van der Waals surface area contributed by atoms with Gasteiger partial charge in [-0.2, -0.15) is 11.8 Å². The molecule has 2 aliphatic rings. The average molecular weight is 460 g/mol. The summed E-state index contributed by atoms with van der Waals surface area (Å²) in [5.41, 5.74) is 3.06. The molecule has 0 spiro atoms. The minimum absolute atomic E-state index is 0.125. The summed E-state index contributed by atoms with van der Waals surface area (Å²) in [7, 11) is 0. The summed E-state index contributed by atoms with van der Waals surface area (Å²) in [5.74, 6) is 1.43. The van der Waals surface area contributed by atoms with Crippen LogP contribution in [0.25, 0.3) is 0 Å². The lowest BCUT2D eigenvalue weighted by Crippen LogP contribution is -2.35. The van der Waals surface area contributed by atoms with E-state index >= 15 is 0 Å². The van der Waals surface area contributed by atoms with Gasteiger partial charge in [-0.15, -0.1) is 22.7 Å². The molecule has 0 saturated heterocycles. The maximum atomic E-state index is 13.3. The molecule has 0 amide bonds. The molecule has 0 radical (unpaired) electrons. The van der Waals surface area contributed by atoms with E-state index in [0.29, 0.717) is 18.6 Å². The van der Waals surface area contributed by atoms with Gasteiger partial charge in [0.15, 0.2) is 5.78 Å². The molecule has 158 valence electrons. The van der Waals surface area contributed by atoms with Crippen molar-refractivity contribution in [3.63, 3.8) is 0 Å². The Morgan fingerprint density at radius 3 is 2.60 bits per heavy atom. The van der Waals surface area contributed by atoms with Gasteiger partial charge in [-0.05, 0) is 42.0 Å². The summed E-state index contributed by atoms with van der Waals surface area (Å²) < 4.78 is 5.59. The van der Waals surface area contributed by atoms with E-state index in [2.05, 4.69) is 23.7 Å². The summed E-state index contributed by atoms with van der Waals surface area (Å²) in [4.78, 5) is 28.7. The number of rotatable bonds is 7. The largest absolute Gasteiger partial charge is 0.461 e. The van der Waals surface area contributed by atoms with Crippen molar-refractivity contribution in [1.29, 1.82) is 0 Å². The summed E-state index contributed by atoms with van der Waals surface area (Å²) >= 11 is 5.03. The van der Waals surface area contributed by atoms with Gasteiger partial charge in [-0.1, -0.05) is 19.1 Å². The lowest BCUT2D eigenvalue weighted by molar-refractivity contribution is -0.138. The van der Waals surface area contributed by atoms with Gasteiger partial charge in [0, 0.05) is 44.8 Å². The van der Waals surface area contributed by atoms with Gasteiger partial charge >= 0.3 is 5.97 Å². The minimum Gasteiger partial charge on any atom is -0.461 e. The first kappa shape index (κ1) is 21.4. The fourth-order valence-electron chi connectivity index (χ4n) is 4.19. The molecule has 30 heavy (non-hydrogen) atoms. The second kappa shape index (κ2) is 9.54. The number of ketones is 1. The number of esters is 1. The molecule has 0 saturated carbocycles. The van der Waals surface area contributed by atoms with Gasteiger partial charge in [0.2, 0.25) is 0 Å². The molecule has 0 aromatic carbocycles. The van der Waals surface area contributed by atoms with Crippen molar-refractivity contribution < 1.29 is 14.3 Å². The van der Waals surface area contributed by atoms with Crippen LogP contribution in [0.2, 0.25) is 0 Å². The van der Waals surface area contributed by atoms with E-state index in [4.69, 9.17) is 4.74 Å². The Kier molecular flexibility index (Phi) is 6.80.